The highest BCUT2D eigenvalue weighted by Crippen LogP contribution is 2.59. The molecule has 0 aromatic rings. The molecule has 1 saturated carbocycles. The van der Waals surface area contributed by atoms with E-state index in [1.54, 1.807) is 7.11 Å². The summed E-state index contributed by atoms with van der Waals surface area (Å²) in [4.78, 5) is 39.3. The van der Waals surface area contributed by atoms with Crippen molar-refractivity contribution in [3.63, 3.8) is 0 Å². The number of nitrogens with one attached hydrogen (secondary N) is 1. The standard InChI is InChI=1S/C27H43N3O8/c1-18(2)5-6-20-26(3,38-20)24-23(35-4)19(9-10-27(24)17-37-27)28-25(34)30-13-11-29(12-14-30)15-16-36-22(33)8-7-21(31)32/h5,19-20,23-24H,6-17H2,1-4H3,(H,28,34)(H,31,32)/t19-,20+,23-,24-,26-,27+/m1/s1. The van der Waals surface area contributed by atoms with Crippen LogP contribution in [0.3, 0.4) is 0 Å². The molecule has 3 heterocycles. The Kier molecular flexibility index (Phi) is 9.01. The lowest BCUT2D eigenvalue weighted by Gasteiger charge is -2.44. The smallest absolute Gasteiger partial charge is 0.317 e. The van der Waals surface area contributed by atoms with E-state index in [0.717, 1.165) is 19.3 Å². The average molecular weight is 538 g/mol. The first-order valence-electron chi connectivity index (χ1n) is 13.7. The number of ether oxygens (including phenoxy) is 4. The van der Waals surface area contributed by atoms with E-state index in [-0.39, 0.29) is 60.8 Å². The minimum atomic E-state index is -1.02. The van der Waals surface area contributed by atoms with Gasteiger partial charge < -0.3 is 34.3 Å². The van der Waals surface area contributed by atoms with Gasteiger partial charge in [0.25, 0.3) is 0 Å². The molecule has 1 spiro atoms. The predicted molar refractivity (Wildman–Crippen MR) is 138 cm³/mol. The molecule has 4 aliphatic rings. The lowest BCUT2D eigenvalue weighted by Crippen LogP contribution is -2.61. The van der Waals surface area contributed by atoms with Crippen LogP contribution in [0.15, 0.2) is 11.6 Å². The molecule has 3 aliphatic heterocycles. The third-order valence-corrected chi connectivity index (χ3v) is 8.48. The first-order valence-corrected chi connectivity index (χ1v) is 13.7. The van der Waals surface area contributed by atoms with E-state index in [0.29, 0.717) is 39.3 Å². The molecule has 0 radical (unpaired) electrons. The first kappa shape index (κ1) is 28.8. The molecule has 3 saturated heterocycles. The number of urea groups is 1. The summed E-state index contributed by atoms with van der Waals surface area (Å²) in [6.45, 7) is 10.3. The van der Waals surface area contributed by atoms with Gasteiger partial charge in [0.15, 0.2) is 0 Å². The highest BCUT2D eigenvalue weighted by molar-refractivity contribution is 5.76. The summed E-state index contributed by atoms with van der Waals surface area (Å²) < 4.78 is 23.4. The fourth-order valence-electron chi connectivity index (χ4n) is 6.14. The minimum absolute atomic E-state index is 0.0460. The van der Waals surface area contributed by atoms with Crippen molar-refractivity contribution in [2.45, 2.75) is 82.3 Å². The minimum Gasteiger partial charge on any atom is -0.481 e. The maximum absolute atomic E-state index is 13.2. The van der Waals surface area contributed by atoms with E-state index in [9.17, 15) is 14.4 Å². The van der Waals surface area contributed by atoms with Gasteiger partial charge in [0.2, 0.25) is 0 Å². The molecule has 4 rings (SSSR count). The second kappa shape index (κ2) is 11.9. The molecule has 0 aromatic carbocycles. The lowest BCUT2D eigenvalue weighted by molar-refractivity contribution is -0.148. The molecule has 0 bridgehead atoms. The van der Waals surface area contributed by atoms with E-state index < -0.39 is 11.9 Å². The van der Waals surface area contributed by atoms with Crippen molar-refractivity contribution < 1.29 is 38.4 Å². The summed E-state index contributed by atoms with van der Waals surface area (Å²) in [6, 6.07) is -0.216. The van der Waals surface area contributed by atoms with Crippen LogP contribution in [0.2, 0.25) is 0 Å². The maximum atomic E-state index is 13.2. The molecule has 0 aromatic heterocycles. The largest absolute Gasteiger partial charge is 0.481 e. The van der Waals surface area contributed by atoms with Crippen LogP contribution in [0.1, 0.15) is 52.9 Å². The van der Waals surface area contributed by atoms with Gasteiger partial charge in [0, 0.05) is 45.8 Å². The van der Waals surface area contributed by atoms with Crippen molar-refractivity contribution in [2.75, 3.05) is 53.0 Å². The fraction of sp³-hybridized carbons (Fsp3) is 0.815. The summed E-state index contributed by atoms with van der Waals surface area (Å²) in [5.41, 5.74) is 0.711. The van der Waals surface area contributed by atoms with E-state index in [1.807, 2.05) is 4.90 Å². The Morgan fingerprint density at radius 3 is 2.47 bits per heavy atom. The summed E-state index contributed by atoms with van der Waals surface area (Å²) in [5.74, 6) is -1.48. The average Bonchev–Trinajstić information content (AvgIpc) is 3.79. The summed E-state index contributed by atoms with van der Waals surface area (Å²) in [5, 5.41) is 11.9. The molecule has 6 atom stereocenters. The number of hydrogen-bond acceptors (Lipinski definition) is 8. The molecule has 214 valence electrons. The molecule has 0 unspecified atom stereocenters. The zero-order valence-corrected chi connectivity index (χ0v) is 23.1. The van der Waals surface area contributed by atoms with Gasteiger partial charge in [0.1, 0.15) is 12.2 Å². The molecule has 2 N–H and O–H groups in total. The van der Waals surface area contributed by atoms with Crippen LogP contribution in [0.5, 0.6) is 0 Å². The Morgan fingerprint density at radius 2 is 1.87 bits per heavy atom. The summed E-state index contributed by atoms with van der Waals surface area (Å²) >= 11 is 0. The zero-order chi connectivity index (χ0) is 27.5. The Balaban J connectivity index is 1.25. The number of carbonyl (C=O) groups excluding carboxylic acids is 2. The van der Waals surface area contributed by atoms with E-state index in [2.05, 4.69) is 37.1 Å². The molecule has 2 amide bonds. The zero-order valence-electron chi connectivity index (χ0n) is 23.1. The second-order valence-corrected chi connectivity index (χ2v) is 11.4. The number of aliphatic carboxylic acids is 1. The number of carbonyl (C=O) groups is 3. The Morgan fingerprint density at radius 1 is 1.16 bits per heavy atom. The number of piperazine rings is 1. The van der Waals surface area contributed by atoms with E-state index >= 15 is 0 Å². The van der Waals surface area contributed by atoms with E-state index in [1.165, 1.54) is 5.57 Å². The fourth-order valence-corrected chi connectivity index (χ4v) is 6.14. The van der Waals surface area contributed by atoms with Crippen molar-refractivity contribution in [3.8, 4) is 0 Å². The van der Waals surface area contributed by atoms with Crippen LogP contribution in [-0.4, -0.2) is 115 Å². The van der Waals surface area contributed by atoms with Crippen molar-refractivity contribution >= 4 is 18.0 Å². The van der Waals surface area contributed by atoms with Crippen LogP contribution in [0.25, 0.3) is 0 Å². The number of nitrogens with zero attached hydrogens (tertiary/aromatic N) is 2. The van der Waals surface area contributed by atoms with Gasteiger partial charge in [-0.05, 0) is 40.0 Å². The first-order chi connectivity index (χ1) is 18.1. The van der Waals surface area contributed by atoms with Crippen LogP contribution in [-0.2, 0) is 28.5 Å². The number of amides is 2. The van der Waals surface area contributed by atoms with Gasteiger partial charge >= 0.3 is 18.0 Å². The van der Waals surface area contributed by atoms with Gasteiger partial charge in [-0.2, -0.15) is 0 Å². The number of carboxylic acid groups (broad SMARTS) is 1. The molecular weight excluding hydrogens is 494 g/mol. The molecular formula is C27H43N3O8. The van der Waals surface area contributed by atoms with Crippen molar-refractivity contribution in [1.82, 2.24) is 15.1 Å². The monoisotopic (exact) mass is 537 g/mol. The van der Waals surface area contributed by atoms with Gasteiger partial charge in [-0.25, -0.2) is 4.79 Å². The number of epoxide rings is 2. The summed E-state index contributed by atoms with van der Waals surface area (Å²) in [7, 11) is 1.71. The number of methoxy groups -OCH3 is 1. The third kappa shape index (κ3) is 6.67. The molecule has 1 aliphatic carbocycles. The van der Waals surface area contributed by atoms with Crippen LogP contribution in [0, 0.1) is 5.92 Å². The molecule has 11 nitrogen and oxygen atoms in total. The van der Waals surface area contributed by atoms with Crippen molar-refractivity contribution in [2.24, 2.45) is 5.92 Å². The third-order valence-electron chi connectivity index (χ3n) is 8.48. The normalized spacial score (nSPS) is 34.5. The van der Waals surface area contributed by atoms with Gasteiger partial charge in [-0.3, -0.25) is 14.5 Å². The highest BCUT2D eigenvalue weighted by Gasteiger charge is 2.71. The van der Waals surface area contributed by atoms with Crippen LogP contribution in [0.4, 0.5) is 4.79 Å². The number of carboxylic acids is 1. The SMILES string of the molecule is CO[C@@H]1[C@H](NC(=O)N2CCN(CCOC(=O)CCC(=O)O)CC2)CC[C@]2(CO2)[C@H]1[C@]1(C)O[C@H]1CC=C(C)C. The topological polar surface area (TPSA) is 133 Å². The van der Waals surface area contributed by atoms with Gasteiger partial charge in [0.05, 0.1) is 43.3 Å². The second-order valence-electron chi connectivity index (χ2n) is 11.4. The highest BCUT2D eigenvalue weighted by atomic mass is 16.6. The molecule has 4 fully saturated rings. The van der Waals surface area contributed by atoms with E-state index in [4.69, 9.17) is 24.1 Å². The van der Waals surface area contributed by atoms with Gasteiger partial charge in [-0.15, -0.1) is 0 Å². The van der Waals surface area contributed by atoms with Crippen molar-refractivity contribution in [1.29, 1.82) is 0 Å². The Bertz CT molecular complexity index is 910. The maximum Gasteiger partial charge on any atom is 0.317 e. The number of esters is 1. The number of allylic oxidation sites excluding steroid dienone is 1. The van der Waals surface area contributed by atoms with Crippen molar-refractivity contribution in [3.05, 3.63) is 11.6 Å². The lowest BCUT2D eigenvalue weighted by atomic mass is 9.67. The van der Waals surface area contributed by atoms with Gasteiger partial charge in [-0.1, -0.05) is 11.6 Å². The Hall–Kier alpha value is -2.21. The summed E-state index contributed by atoms with van der Waals surface area (Å²) in [6.07, 6.45) is 4.32. The molecule has 11 heteroatoms. The van der Waals surface area contributed by atoms with Crippen LogP contribution < -0.4 is 5.32 Å². The quantitative estimate of drug-likeness (QED) is 0.230. The molecule has 38 heavy (non-hydrogen) atoms. The Labute approximate surface area is 224 Å². The number of rotatable bonds is 11. The number of hydrogen-bond donors (Lipinski definition) is 2. The van der Waals surface area contributed by atoms with Crippen LogP contribution >= 0.6 is 0 Å². The predicted octanol–water partition coefficient (Wildman–Crippen LogP) is 1.80.